The van der Waals surface area contributed by atoms with E-state index < -0.39 is 12.2 Å². The Labute approximate surface area is 97.6 Å². The second-order valence-electron chi connectivity index (χ2n) is 2.86. The first-order valence-corrected chi connectivity index (χ1v) is 3.65. The highest BCUT2D eigenvalue weighted by molar-refractivity contribution is 5.85. The van der Waals surface area contributed by atoms with E-state index in [1.807, 2.05) is 0 Å². The van der Waals surface area contributed by atoms with Gasteiger partial charge >= 0.3 is 6.18 Å². The Kier molecular flexibility index (Phi) is 6.30. The topological polar surface area (TPSA) is 43.8 Å². The Bertz CT molecular complexity index is 311. The van der Waals surface area contributed by atoms with Crippen LogP contribution in [0.5, 0.6) is 0 Å². The highest BCUT2D eigenvalue weighted by Crippen LogP contribution is 2.31. The van der Waals surface area contributed by atoms with E-state index >= 15 is 0 Å². The van der Waals surface area contributed by atoms with Crippen molar-refractivity contribution in [2.75, 3.05) is 0 Å². The molecule has 0 aromatic carbocycles. The maximum Gasteiger partial charge on any atom is 0.407 e. The normalized spacial score (nSPS) is 12.7. The van der Waals surface area contributed by atoms with Crippen LogP contribution < -0.4 is 5.73 Å². The predicted octanol–water partition coefficient (Wildman–Crippen LogP) is 2.13. The number of nitrogens with two attached hydrogens (primary N) is 1. The molecule has 15 heavy (non-hydrogen) atoms. The van der Waals surface area contributed by atoms with Crippen molar-refractivity contribution in [3.63, 3.8) is 0 Å². The minimum absolute atomic E-state index is 0. The van der Waals surface area contributed by atoms with Crippen LogP contribution >= 0.6 is 24.8 Å². The summed E-state index contributed by atoms with van der Waals surface area (Å²) in [4.78, 5) is 0. The van der Waals surface area contributed by atoms with Crippen molar-refractivity contribution in [1.29, 1.82) is 0 Å². The Hall–Kier alpha value is -0.460. The largest absolute Gasteiger partial charge is 0.407 e. The van der Waals surface area contributed by atoms with Crippen molar-refractivity contribution in [2.24, 2.45) is 12.8 Å². The Morgan fingerprint density at radius 2 is 1.87 bits per heavy atom. The summed E-state index contributed by atoms with van der Waals surface area (Å²) in [6, 6.07) is -1.94. The average molecular weight is 266 g/mol. The van der Waals surface area contributed by atoms with Gasteiger partial charge in [0.25, 0.3) is 0 Å². The van der Waals surface area contributed by atoms with Crippen LogP contribution in [0.25, 0.3) is 0 Å². The lowest BCUT2D eigenvalue weighted by Crippen LogP contribution is -2.28. The molecule has 3 nitrogen and oxygen atoms in total. The van der Waals surface area contributed by atoms with Gasteiger partial charge < -0.3 is 5.73 Å². The van der Waals surface area contributed by atoms with Crippen LogP contribution in [0.15, 0.2) is 6.20 Å². The number of hydrogen-bond donors (Lipinski definition) is 1. The number of rotatable bonds is 1. The van der Waals surface area contributed by atoms with Crippen molar-refractivity contribution in [3.8, 4) is 0 Å². The number of aromatic nitrogens is 2. The highest BCUT2D eigenvalue weighted by atomic mass is 35.5. The molecule has 0 aliphatic carbocycles. The summed E-state index contributed by atoms with van der Waals surface area (Å²) in [5.74, 6) is 0. The predicted molar refractivity (Wildman–Crippen MR) is 55.4 cm³/mol. The molecule has 1 unspecified atom stereocenters. The zero-order valence-electron chi connectivity index (χ0n) is 8.08. The Morgan fingerprint density at radius 1 is 1.40 bits per heavy atom. The van der Waals surface area contributed by atoms with E-state index in [1.165, 1.54) is 17.8 Å². The molecule has 0 aliphatic rings. The third kappa shape index (κ3) is 3.89. The molecule has 0 amide bonds. The molecule has 0 saturated heterocycles. The standard InChI is InChI=1S/C7H10F3N3.2ClH/c1-4-5(3-13(2)12-4)6(11)7(8,9)10;;/h3,6H,11H2,1-2H3;2*1H. The molecule has 0 fully saturated rings. The van der Waals surface area contributed by atoms with Gasteiger partial charge in [0.15, 0.2) is 0 Å². The number of halogens is 5. The Morgan fingerprint density at radius 3 is 2.13 bits per heavy atom. The molecule has 1 aromatic heterocycles. The van der Waals surface area contributed by atoms with Crippen LogP contribution in [0, 0.1) is 6.92 Å². The van der Waals surface area contributed by atoms with E-state index in [0.29, 0.717) is 5.69 Å². The number of hydrogen-bond acceptors (Lipinski definition) is 2. The first-order valence-electron chi connectivity index (χ1n) is 3.65. The van der Waals surface area contributed by atoms with Gasteiger partial charge in [0.05, 0.1) is 5.69 Å². The fourth-order valence-electron chi connectivity index (χ4n) is 1.10. The van der Waals surface area contributed by atoms with Crippen molar-refractivity contribution in [1.82, 2.24) is 9.78 Å². The van der Waals surface area contributed by atoms with Crippen molar-refractivity contribution in [3.05, 3.63) is 17.5 Å². The molecule has 2 N–H and O–H groups in total. The second-order valence-corrected chi connectivity index (χ2v) is 2.86. The molecule has 0 aliphatic heterocycles. The van der Waals surface area contributed by atoms with Gasteiger partial charge in [0, 0.05) is 18.8 Å². The molecule has 0 saturated carbocycles. The minimum Gasteiger partial charge on any atom is -0.316 e. The SMILES string of the molecule is Cc1nn(C)cc1C(N)C(F)(F)F.Cl.Cl. The molecule has 1 heterocycles. The number of alkyl halides is 3. The summed E-state index contributed by atoms with van der Waals surface area (Å²) in [5, 5.41) is 3.78. The van der Waals surface area contributed by atoms with Crippen LogP contribution in [-0.2, 0) is 7.05 Å². The molecule has 1 rings (SSSR count). The van der Waals surface area contributed by atoms with E-state index in [4.69, 9.17) is 5.73 Å². The quantitative estimate of drug-likeness (QED) is 0.846. The molecule has 90 valence electrons. The average Bonchev–Trinajstić information content (AvgIpc) is 2.26. The zero-order valence-corrected chi connectivity index (χ0v) is 9.71. The van der Waals surface area contributed by atoms with E-state index in [2.05, 4.69) is 5.10 Å². The van der Waals surface area contributed by atoms with Crippen LogP contribution in [0.4, 0.5) is 13.2 Å². The van der Waals surface area contributed by atoms with Gasteiger partial charge in [-0.3, -0.25) is 4.68 Å². The van der Waals surface area contributed by atoms with Gasteiger partial charge in [-0.15, -0.1) is 24.8 Å². The first kappa shape index (κ1) is 17.0. The van der Waals surface area contributed by atoms with Crippen molar-refractivity contribution < 1.29 is 13.2 Å². The van der Waals surface area contributed by atoms with Gasteiger partial charge in [0.2, 0.25) is 0 Å². The molecule has 8 heteroatoms. The number of nitrogens with zero attached hydrogens (tertiary/aromatic N) is 2. The van der Waals surface area contributed by atoms with Gasteiger partial charge in [-0.1, -0.05) is 0 Å². The monoisotopic (exact) mass is 265 g/mol. The molecule has 0 bridgehead atoms. The lowest BCUT2D eigenvalue weighted by atomic mass is 10.1. The maximum atomic E-state index is 12.2. The van der Waals surface area contributed by atoms with Crippen molar-refractivity contribution >= 4 is 24.8 Å². The van der Waals surface area contributed by atoms with E-state index in [0.717, 1.165) is 0 Å². The summed E-state index contributed by atoms with van der Waals surface area (Å²) >= 11 is 0. The van der Waals surface area contributed by atoms with E-state index in [-0.39, 0.29) is 30.4 Å². The fraction of sp³-hybridized carbons (Fsp3) is 0.571. The van der Waals surface area contributed by atoms with Gasteiger partial charge in [0.1, 0.15) is 6.04 Å². The summed E-state index contributed by atoms with van der Waals surface area (Å²) in [6.45, 7) is 1.50. The molecule has 0 spiro atoms. The molecular formula is C7H12Cl2F3N3. The molecule has 0 radical (unpaired) electrons. The summed E-state index contributed by atoms with van der Waals surface area (Å²) < 4.78 is 37.8. The van der Waals surface area contributed by atoms with Crippen LogP contribution in [0.3, 0.4) is 0 Å². The summed E-state index contributed by atoms with van der Waals surface area (Å²) in [5.41, 5.74) is 5.34. The second kappa shape index (κ2) is 5.58. The van der Waals surface area contributed by atoms with E-state index in [9.17, 15) is 13.2 Å². The smallest absolute Gasteiger partial charge is 0.316 e. The third-order valence-electron chi connectivity index (χ3n) is 1.74. The first-order chi connectivity index (χ1) is 5.82. The molecule has 1 atom stereocenters. The zero-order chi connectivity index (χ0) is 10.2. The fourth-order valence-corrected chi connectivity index (χ4v) is 1.10. The van der Waals surface area contributed by atoms with Gasteiger partial charge in [-0.2, -0.15) is 18.3 Å². The molecular weight excluding hydrogens is 254 g/mol. The highest BCUT2D eigenvalue weighted by Gasteiger charge is 2.39. The van der Waals surface area contributed by atoms with E-state index in [1.54, 1.807) is 7.05 Å². The van der Waals surface area contributed by atoms with Crippen molar-refractivity contribution in [2.45, 2.75) is 19.1 Å². The molecule has 1 aromatic rings. The lowest BCUT2D eigenvalue weighted by Gasteiger charge is -2.14. The third-order valence-corrected chi connectivity index (χ3v) is 1.74. The van der Waals surface area contributed by atoms with Gasteiger partial charge in [-0.25, -0.2) is 0 Å². The van der Waals surface area contributed by atoms with Crippen LogP contribution in [-0.4, -0.2) is 16.0 Å². The van der Waals surface area contributed by atoms with Gasteiger partial charge in [-0.05, 0) is 6.92 Å². The number of aryl methyl sites for hydroxylation is 2. The Balaban J connectivity index is 0. The lowest BCUT2D eigenvalue weighted by molar-refractivity contribution is -0.149. The maximum absolute atomic E-state index is 12.2. The van der Waals surface area contributed by atoms with Crippen LogP contribution in [0.2, 0.25) is 0 Å². The minimum atomic E-state index is -4.41. The summed E-state index contributed by atoms with van der Waals surface area (Å²) in [7, 11) is 1.56. The summed E-state index contributed by atoms with van der Waals surface area (Å²) in [6.07, 6.45) is -3.12. The van der Waals surface area contributed by atoms with Crippen LogP contribution in [0.1, 0.15) is 17.3 Å².